The van der Waals surface area contributed by atoms with Crippen molar-refractivity contribution < 1.29 is 23.9 Å². The highest BCUT2D eigenvalue weighted by Gasteiger charge is 2.24. The molecule has 136 valence electrons. The maximum absolute atomic E-state index is 12.4. The van der Waals surface area contributed by atoms with E-state index >= 15 is 0 Å². The number of carboxylic acid groups (broad SMARTS) is 1. The van der Waals surface area contributed by atoms with E-state index in [9.17, 15) is 14.4 Å². The molecule has 2 rings (SSSR count). The number of hydrogen-bond acceptors (Lipinski definition) is 4. The number of hydrogen-bond donors (Lipinski definition) is 3. The second-order valence-electron chi connectivity index (χ2n) is 5.67. The molecule has 0 radical (unpaired) electrons. The number of amides is 2. The minimum Gasteiger partial charge on any atom is -0.480 e. The van der Waals surface area contributed by atoms with E-state index in [1.54, 1.807) is 12.1 Å². The molecule has 0 saturated heterocycles. The van der Waals surface area contributed by atoms with Gasteiger partial charge in [0.15, 0.2) is 0 Å². The number of benzene rings is 1. The maximum Gasteiger partial charge on any atom is 0.325 e. The molecule has 2 amide bonds. The molecule has 1 aromatic heterocycles. The molecule has 2 atom stereocenters. The van der Waals surface area contributed by atoms with Gasteiger partial charge in [0.2, 0.25) is 11.8 Å². The number of furan rings is 1. The first-order valence-corrected chi connectivity index (χ1v) is 8.05. The molecule has 1 aromatic carbocycles. The highest BCUT2D eigenvalue weighted by molar-refractivity contribution is 5.96. The van der Waals surface area contributed by atoms with Gasteiger partial charge in [-0.2, -0.15) is 0 Å². The minimum absolute atomic E-state index is 0.235. The summed E-state index contributed by atoms with van der Waals surface area (Å²) < 4.78 is 5.10. The van der Waals surface area contributed by atoms with Crippen LogP contribution in [0.2, 0.25) is 0 Å². The summed E-state index contributed by atoms with van der Waals surface area (Å²) in [6.07, 6.45) is 4.45. The predicted molar refractivity (Wildman–Crippen MR) is 95.1 cm³/mol. The van der Waals surface area contributed by atoms with E-state index in [0.29, 0.717) is 5.76 Å². The van der Waals surface area contributed by atoms with Crippen molar-refractivity contribution in [3.05, 3.63) is 66.1 Å². The molecule has 0 aliphatic rings. The number of nitrogens with one attached hydrogen (secondary N) is 2. The monoisotopic (exact) mass is 356 g/mol. The molecular formula is C19H20N2O5. The Morgan fingerprint density at radius 2 is 1.85 bits per heavy atom. The van der Waals surface area contributed by atoms with Gasteiger partial charge in [-0.05, 0) is 30.7 Å². The van der Waals surface area contributed by atoms with E-state index < -0.39 is 29.9 Å². The van der Waals surface area contributed by atoms with Gasteiger partial charge in [0, 0.05) is 12.5 Å². The number of carboxylic acids is 1. The van der Waals surface area contributed by atoms with Crippen molar-refractivity contribution in [1.29, 1.82) is 0 Å². The van der Waals surface area contributed by atoms with Gasteiger partial charge in [-0.15, -0.1) is 0 Å². The fraction of sp³-hybridized carbons (Fsp3) is 0.211. The number of carbonyl (C=O) groups excluding carboxylic acids is 2. The van der Waals surface area contributed by atoms with Crippen molar-refractivity contribution in [2.45, 2.75) is 25.4 Å². The Balaban J connectivity index is 2.07. The van der Waals surface area contributed by atoms with Gasteiger partial charge in [-0.1, -0.05) is 30.3 Å². The second-order valence-corrected chi connectivity index (χ2v) is 5.67. The second kappa shape index (κ2) is 9.22. The fourth-order valence-corrected chi connectivity index (χ4v) is 2.20. The van der Waals surface area contributed by atoms with Gasteiger partial charge < -0.3 is 20.2 Å². The molecule has 0 aliphatic heterocycles. The van der Waals surface area contributed by atoms with Crippen molar-refractivity contribution in [1.82, 2.24) is 10.6 Å². The van der Waals surface area contributed by atoms with Gasteiger partial charge in [-0.25, -0.2) is 0 Å². The molecule has 0 fully saturated rings. The summed E-state index contributed by atoms with van der Waals surface area (Å²) in [6, 6.07) is 10.5. The quantitative estimate of drug-likeness (QED) is 0.623. The first kappa shape index (κ1) is 19.0. The van der Waals surface area contributed by atoms with Gasteiger partial charge in [0.1, 0.15) is 17.8 Å². The fourth-order valence-electron chi connectivity index (χ4n) is 2.20. The van der Waals surface area contributed by atoms with E-state index in [-0.39, 0.29) is 6.42 Å². The third-order valence-corrected chi connectivity index (χ3v) is 3.59. The van der Waals surface area contributed by atoms with Crippen molar-refractivity contribution in [3.63, 3.8) is 0 Å². The Morgan fingerprint density at radius 3 is 2.46 bits per heavy atom. The van der Waals surface area contributed by atoms with E-state index in [1.807, 2.05) is 30.3 Å². The maximum atomic E-state index is 12.4. The molecule has 2 aromatic rings. The lowest BCUT2D eigenvalue weighted by Crippen LogP contribution is -2.51. The van der Waals surface area contributed by atoms with Crippen LogP contribution >= 0.6 is 0 Å². The number of aliphatic carboxylic acids is 1. The number of carbonyl (C=O) groups is 3. The molecule has 0 saturated carbocycles. The van der Waals surface area contributed by atoms with Crippen molar-refractivity contribution in [2.75, 3.05) is 0 Å². The largest absolute Gasteiger partial charge is 0.480 e. The zero-order valence-electron chi connectivity index (χ0n) is 14.2. The summed E-state index contributed by atoms with van der Waals surface area (Å²) in [5.41, 5.74) is 0.839. The Labute approximate surface area is 150 Å². The van der Waals surface area contributed by atoms with E-state index in [2.05, 4.69) is 10.6 Å². The van der Waals surface area contributed by atoms with Gasteiger partial charge in [0.05, 0.1) is 6.26 Å². The lowest BCUT2D eigenvalue weighted by molar-refractivity contribution is -0.141. The Kier molecular flexibility index (Phi) is 6.73. The van der Waals surface area contributed by atoms with Crippen LogP contribution in [-0.2, 0) is 20.8 Å². The average Bonchev–Trinajstić information content (AvgIpc) is 3.13. The molecule has 0 aliphatic carbocycles. The van der Waals surface area contributed by atoms with Gasteiger partial charge in [0.25, 0.3) is 0 Å². The minimum atomic E-state index is -1.15. The predicted octanol–water partition coefficient (Wildman–Crippen LogP) is 1.61. The summed E-state index contributed by atoms with van der Waals surface area (Å²) in [5.74, 6) is -1.70. The Hall–Kier alpha value is -3.35. The molecular weight excluding hydrogens is 336 g/mol. The van der Waals surface area contributed by atoms with Crippen molar-refractivity contribution in [3.8, 4) is 0 Å². The smallest absolute Gasteiger partial charge is 0.325 e. The van der Waals surface area contributed by atoms with E-state index in [4.69, 9.17) is 9.52 Å². The van der Waals surface area contributed by atoms with Gasteiger partial charge >= 0.3 is 5.97 Å². The summed E-state index contributed by atoms with van der Waals surface area (Å²) >= 11 is 0. The van der Waals surface area contributed by atoms with Crippen LogP contribution in [0.25, 0.3) is 6.08 Å². The number of rotatable bonds is 8. The SMILES string of the molecule is C[C@H](NC(=O)[C@H](Cc1ccccc1)NC(=O)/C=C/c1ccco1)C(=O)O. The first-order valence-electron chi connectivity index (χ1n) is 8.05. The molecule has 7 nitrogen and oxygen atoms in total. The molecule has 1 heterocycles. The average molecular weight is 356 g/mol. The van der Waals surface area contributed by atoms with Crippen LogP contribution < -0.4 is 10.6 Å². The van der Waals surface area contributed by atoms with Crippen LogP contribution in [0.3, 0.4) is 0 Å². The molecule has 7 heteroatoms. The normalized spacial score (nSPS) is 13.1. The Bertz CT molecular complexity index is 768. The molecule has 3 N–H and O–H groups in total. The highest BCUT2D eigenvalue weighted by Crippen LogP contribution is 2.05. The van der Waals surface area contributed by atoms with Crippen molar-refractivity contribution in [2.24, 2.45) is 0 Å². The van der Waals surface area contributed by atoms with Crippen LogP contribution in [0.1, 0.15) is 18.2 Å². The third-order valence-electron chi connectivity index (χ3n) is 3.59. The van der Waals surface area contributed by atoms with Gasteiger partial charge in [-0.3, -0.25) is 14.4 Å². The van der Waals surface area contributed by atoms with E-state index in [0.717, 1.165) is 5.56 Å². The summed E-state index contributed by atoms with van der Waals surface area (Å²) in [5, 5.41) is 13.9. The van der Waals surface area contributed by atoms with Crippen LogP contribution in [0, 0.1) is 0 Å². The van der Waals surface area contributed by atoms with Crippen LogP contribution in [0.15, 0.2) is 59.2 Å². The summed E-state index contributed by atoms with van der Waals surface area (Å²) in [4.78, 5) is 35.5. The molecule has 0 bridgehead atoms. The standard InChI is InChI=1S/C19H20N2O5/c1-13(19(24)25)20-18(23)16(12-14-6-3-2-4-7-14)21-17(22)10-9-15-8-5-11-26-15/h2-11,13,16H,12H2,1H3,(H,20,23)(H,21,22)(H,24,25)/b10-9+/t13-,16-/m0/s1. The third kappa shape index (κ3) is 5.94. The summed E-state index contributed by atoms with van der Waals surface area (Å²) in [7, 11) is 0. The summed E-state index contributed by atoms with van der Waals surface area (Å²) in [6.45, 7) is 1.36. The van der Waals surface area contributed by atoms with Crippen LogP contribution in [-0.4, -0.2) is 35.0 Å². The zero-order valence-corrected chi connectivity index (χ0v) is 14.2. The highest BCUT2D eigenvalue weighted by atomic mass is 16.4. The molecule has 0 unspecified atom stereocenters. The first-order chi connectivity index (χ1) is 12.5. The van der Waals surface area contributed by atoms with E-state index in [1.165, 1.54) is 25.3 Å². The topological polar surface area (TPSA) is 109 Å². The molecule has 0 spiro atoms. The lowest BCUT2D eigenvalue weighted by atomic mass is 10.0. The molecule has 26 heavy (non-hydrogen) atoms. The lowest BCUT2D eigenvalue weighted by Gasteiger charge is -2.19. The van der Waals surface area contributed by atoms with Crippen LogP contribution in [0.5, 0.6) is 0 Å². The Morgan fingerprint density at radius 1 is 1.12 bits per heavy atom. The van der Waals surface area contributed by atoms with Crippen LogP contribution in [0.4, 0.5) is 0 Å². The zero-order chi connectivity index (χ0) is 18.9. The van der Waals surface area contributed by atoms with Crippen molar-refractivity contribution >= 4 is 23.9 Å².